The predicted molar refractivity (Wildman–Crippen MR) is 105 cm³/mol. The molecule has 2 aromatic heterocycles. The van der Waals surface area contributed by atoms with Gasteiger partial charge in [0.25, 0.3) is 5.56 Å². The van der Waals surface area contributed by atoms with Gasteiger partial charge in [0, 0.05) is 4.88 Å². The molecule has 0 saturated carbocycles. The molecule has 0 fully saturated rings. The number of ether oxygens (including phenoxy) is 1. The van der Waals surface area contributed by atoms with Crippen LogP contribution in [0, 0.1) is 0 Å². The summed E-state index contributed by atoms with van der Waals surface area (Å²) in [6, 6.07) is 7.65. The normalized spacial score (nSPS) is 13.8. The Morgan fingerprint density at radius 2 is 2.08 bits per heavy atom. The predicted octanol–water partition coefficient (Wildman–Crippen LogP) is 4.45. The van der Waals surface area contributed by atoms with Crippen molar-refractivity contribution in [3.8, 4) is 11.4 Å². The molecule has 0 atom stereocenters. The van der Waals surface area contributed by atoms with Crippen molar-refractivity contribution in [2.45, 2.75) is 37.8 Å². The molecular formula is C19H20N2O2S2. The van der Waals surface area contributed by atoms with Gasteiger partial charge >= 0.3 is 0 Å². The molecule has 0 spiro atoms. The first-order valence-corrected chi connectivity index (χ1v) is 10.4. The van der Waals surface area contributed by atoms with E-state index in [0.717, 1.165) is 46.1 Å². The van der Waals surface area contributed by atoms with E-state index in [-0.39, 0.29) is 5.56 Å². The molecule has 3 aromatic rings. The molecule has 0 radical (unpaired) electrons. The van der Waals surface area contributed by atoms with Crippen LogP contribution in [-0.4, -0.2) is 22.4 Å². The van der Waals surface area contributed by atoms with Crippen LogP contribution in [0.25, 0.3) is 15.9 Å². The lowest BCUT2D eigenvalue weighted by atomic mass is 9.97. The Balaban J connectivity index is 2.06. The van der Waals surface area contributed by atoms with Gasteiger partial charge in [0.2, 0.25) is 0 Å². The average molecular weight is 373 g/mol. The fourth-order valence-electron chi connectivity index (χ4n) is 3.44. The Labute approximate surface area is 154 Å². The van der Waals surface area contributed by atoms with Crippen molar-refractivity contribution < 1.29 is 4.74 Å². The maximum absolute atomic E-state index is 13.5. The van der Waals surface area contributed by atoms with E-state index >= 15 is 0 Å². The fraction of sp³-hybridized carbons (Fsp3) is 0.368. The highest BCUT2D eigenvalue weighted by molar-refractivity contribution is 7.99. The topological polar surface area (TPSA) is 44.1 Å². The number of fused-ring (bicyclic) bond motifs is 3. The largest absolute Gasteiger partial charge is 0.495 e. The Morgan fingerprint density at radius 1 is 1.28 bits per heavy atom. The number of methoxy groups -OCH3 is 1. The zero-order valence-corrected chi connectivity index (χ0v) is 16.0. The maximum Gasteiger partial charge on any atom is 0.267 e. The first-order valence-electron chi connectivity index (χ1n) is 8.58. The Hall–Kier alpha value is -1.79. The van der Waals surface area contributed by atoms with E-state index in [1.165, 1.54) is 16.9 Å². The number of thioether (sulfide) groups is 1. The smallest absolute Gasteiger partial charge is 0.267 e. The van der Waals surface area contributed by atoms with Gasteiger partial charge < -0.3 is 4.74 Å². The van der Waals surface area contributed by atoms with Gasteiger partial charge in [0.1, 0.15) is 10.6 Å². The van der Waals surface area contributed by atoms with Crippen LogP contribution < -0.4 is 10.3 Å². The van der Waals surface area contributed by atoms with Gasteiger partial charge in [-0.3, -0.25) is 9.36 Å². The molecule has 0 aliphatic heterocycles. The fourth-order valence-corrected chi connectivity index (χ4v) is 5.47. The molecule has 4 rings (SSSR count). The number of hydrogen-bond acceptors (Lipinski definition) is 5. The summed E-state index contributed by atoms with van der Waals surface area (Å²) in [5.41, 5.74) is 2.02. The molecule has 4 nitrogen and oxygen atoms in total. The van der Waals surface area contributed by atoms with E-state index in [1.807, 2.05) is 24.3 Å². The van der Waals surface area contributed by atoms with Crippen LogP contribution in [0.2, 0.25) is 0 Å². The van der Waals surface area contributed by atoms with Crippen LogP contribution in [0.1, 0.15) is 30.2 Å². The van der Waals surface area contributed by atoms with Crippen LogP contribution in [0.15, 0.2) is 34.2 Å². The molecule has 2 heterocycles. The molecule has 0 amide bonds. The highest BCUT2D eigenvalue weighted by Crippen LogP contribution is 2.36. The number of aromatic nitrogens is 2. The van der Waals surface area contributed by atoms with Gasteiger partial charge in [-0.25, -0.2) is 4.98 Å². The Bertz CT molecular complexity index is 991. The number of para-hydroxylation sites is 2. The third kappa shape index (κ3) is 2.77. The standard InChI is InChI=1S/C19H20N2O2S2/c1-3-24-19-20-17-16(12-8-4-7-11-15(12)25-17)18(22)21(19)13-9-5-6-10-14(13)23-2/h5-6,9-10H,3-4,7-8,11H2,1-2H3. The molecule has 1 aromatic carbocycles. The highest BCUT2D eigenvalue weighted by Gasteiger charge is 2.23. The van der Waals surface area contributed by atoms with E-state index in [0.29, 0.717) is 5.75 Å². The number of hydrogen-bond donors (Lipinski definition) is 0. The monoisotopic (exact) mass is 372 g/mol. The molecule has 1 aliphatic rings. The minimum atomic E-state index is 0.0323. The minimum absolute atomic E-state index is 0.0323. The molecule has 0 bridgehead atoms. The summed E-state index contributed by atoms with van der Waals surface area (Å²) >= 11 is 3.29. The van der Waals surface area contributed by atoms with Gasteiger partial charge in [-0.1, -0.05) is 30.8 Å². The summed E-state index contributed by atoms with van der Waals surface area (Å²) in [5.74, 6) is 1.55. The molecule has 25 heavy (non-hydrogen) atoms. The second-order valence-corrected chi connectivity index (χ2v) is 8.35. The molecule has 0 N–H and O–H groups in total. The van der Waals surface area contributed by atoms with Crippen LogP contribution in [-0.2, 0) is 12.8 Å². The highest BCUT2D eigenvalue weighted by atomic mass is 32.2. The Kier molecular flexibility index (Phi) is 4.56. The summed E-state index contributed by atoms with van der Waals surface area (Å²) in [6.07, 6.45) is 4.41. The second kappa shape index (κ2) is 6.84. The minimum Gasteiger partial charge on any atom is -0.495 e. The van der Waals surface area contributed by atoms with Crippen molar-refractivity contribution in [3.05, 3.63) is 45.1 Å². The number of nitrogens with zero attached hydrogens (tertiary/aromatic N) is 2. The van der Waals surface area contributed by atoms with E-state index in [4.69, 9.17) is 9.72 Å². The van der Waals surface area contributed by atoms with Crippen molar-refractivity contribution in [1.82, 2.24) is 9.55 Å². The summed E-state index contributed by atoms with van der Waals surface area (Å²) < 4.78 is 7.23. The Morgan fingerprint density at radius 3 is 2.88 bits per heavy atom. The maximum atomic E-state index is 13.5. The lowest BCUT2D eigenvalue weighted by molar-refractivity contribution is 0.411. The molecule has 0 saturated heterocycles. The van der Waals surface area contributed by atoms with E-state index in [1.54, 1.807) is 34.8 Å². The van der Waals surface area contributed by atoms with Crippen LogP contribution in [0.3, 0.4) is 0 Å². The van der Waals surface area contributed by atoms with Crippen LogP contribution in [0.5, 0.6) is 5.75 Å². The van der Waals surface area contributed by atoms with E-state index in [2.05, 4.69) is 6.92 Å². The zero-order chi connectivity index (χ0) is 17.4. The molecule has 130 valence electrons. The van der Waals surface area contributed by atoms with Gasteiger partial charge in [-0.2, -0.15) is 0 Å². The lowest BCUT2D eigenvalue weighted by Crippen LogP contribution is -2.22. The summed E-state index contributed by atoms with van der Waals surface area (Å²) in [7, 11) is 1.63. The lowest BCUT2D eigenvalue weighted by Gasteiger charge is -2.15. The number of rotatable bonds is 4. The first kappa shape index (κ1) is 16.7. The molecular weight excluding hydrogens is 352 g/mol. The van der Waals surface area contributed by atoms with Gasteiger partial charge in [0.15, 0.2) is 5.16 Å². The van der Waals surface area contributed by atoms with Crippen LogP contribution in [0.4, 0.5) is 0 Å². The second-order valence-electron chi connectivity index (χ2n) is 6.03. The summed E-state index contributed by atoms with van der Waals surface area (Å²) in [4.78, 5) is 20.6. The molecule has 6 heteroatoms. The summed E-state index contributed by atoms with van der Waals surface area (Å²) in [6.45, 7) is 2.08. The third-order valence-corrected chi connectivity index (χ3v) is 6.56. The zero-order valence-electron chi connectivity index (χ0n) is 14.4. The third-order valence-electron chi connectivity index (χ3n) is 4.56. The molecule has 1 aliphatic carbocycles. The SMILES string of the molecule is CCSc1nc2sc3c(c2c(=O)n1-c1ccccc1OC)CCCC3. The van der Waals surface area contributed by atoms with E-state index < -0.39 is 0 Å². The van der Waals surface area contributed by atoms with Gasteiger partial charge in [-0.15, -0.1) is 11.3 Å². The van der Waals surface area contributed by atoms with Crippen LogP contribution >= 0.6 is 23.1 Å². The van der Waals surface area contributed by atoms with Crippen molar-refractivity contribution in [1.29, 1.82) is 0 Å². The average Bonchev–Trinajstić information content (AvgIpc) is 3.01. The number of thiophene rings is 1. The molecule has 0 unspecified atom stereocenters. The van der Waals surface area contributed by atoms with Gasteiger partial charge in [0.05, 0.1) is 18.2 Å². The number of aryl methyl sites for hydroxylation is 2. The quantitative estimate of drug-likeness (QED) is 0.501. The van der Waals surface area contributed by atoms with Crippen molar-refractivity contribution in [3.63, 3.8) is 0 Å². The number of benzene rings is 1. The van der Waals surface area contributed by atoms with Crippen molar-refractivity contribution >= 4 is 33.3 Å². The van der Waals surface area contributed by atoms with Crippen molar-refractivity contribution in [2.24, 2.45) is 0 Å². The summed E-state index contributed by atoms with van der Waals surface area (Å²) in [5, 5.41) is 1.55. The van der Waals surface area contributed by atoms with Gasteiger partial charge in [-0.05, 0) is 49.1 Å². The first-order chi connectivity index (χ1) is 12.2. The van der Waals surface area contributed by atoms with Crippen molar-refractivity contribution in [2.75, 3.05) is 12.9 Å². The van der Waals surface area contributed by atoms with E-state index in [9.17, 15) is 4.79 Å².